The van der Waals surface area contributed by atoms with Crippen LogP contribution in [0.15, 0.2) is 0 Å². The fraction of sp³-hybridized carbons (Fsp3) is 0.933. The second kappa shape index (κ2) is 5.19. The van der Waals surface area contributed by atoms with E-state index in [9.17, 15) is 10.4 Å². The van der Waals surface area contributed by atoms with Gasteiger partial charge in [0.1, 0.15) is 0 Å². The smallest absolute Gasteiger partial charge is 0.0863 e. The van der Waals surface area contributed by atoms with Crippen LogP contribution in [0.3, 0.4) is 0 Å². The van der Waals surface area contributed by atoms with Gasteiger partial charge in [-0.15, -0.1) is 0 Å². The van der Waals surface area contributed by atoms with Gasteiger partial charge in [-0.25, -0.2) is 0 Å². The Labute approximate surface area is 111 Å². The van der Waals surface area contributed by atoms with Gasteiger partial charge in [-0.05, 0) is 57.5 Å². The summed E-state index contributed by atoms with van der Waals surface area (Å²) in [6, 6.07) is 2.51. The molecule has 1 N–H and O–H groups in total. The van der Waals surface area contributed by atoms with Crippen LogP contribution >= 0.6 is 0 Å². The minimum absolute atomic E-state index is 0.476. The van der Waals surface area contributed by atoms with Crippen molar-refractivity contribution in [3.63, 3.8) is 0 Å². The molecule has 2 rings (SSSR count). The number of hydrogen-bond acceptors (Lipinski definition) is 3. The van der Waals surface area contributed by atoms with E-state index in [2.05, 4.69) is 24.8 Å². The van der Waals surface area contributed by atoms with Gasteiger partial charge in [0.05, 0.1) is 17.1 Å². The van der Waals surface area contributed by atoms with Gasteiger partial charge in [-0.1, -0.05) is 13.8 Å². The molecule has 1 aliphatic carbocycles. The summed E-state index contributed by atoms with van der Waals surface area (Å²) in [5.41, 5.74) is -1.23. The van der Waals surface area contributed by atoms with E-state index in [-0.39, 0.29) is 0 Å². The monoisotopic (exact) mass is 250 g/mol. The molecule has 3 nitrogen and oxygen atoms in total. The molecule has 0 aromatic carbocycles. The SMILES string of the molecule is CCN1CCCC(O)(C2(C#N)CCC(C)C2)CC1. The molecule has 0 spiro atoms. The fourth-order valence-corrected chi connectivity index (χ4v) is 3.89. The molecule has 0 radical (unpaired) electrons. The van der Waals surface area contributed by atoms with Crippen molar-refractivity contribution in [2.75, 3.05) is 19.6 Å². The van der Waals surface area contributed by atoms with E-state index in [1.807, 2.05) is 0 Å². The lowest BCUT2D eigenvalue weighted by Gasteiger charge is -2.40. The molecule has 2 fully saturated rings. The van der Waals surface area contributed by atoms with Crippen molar-refractivity contribution in [3.05, 3.63) is 0 Å². The Hall–Kier alpha value is -0.590. The van der Waals surface area contributed by atoms with Gasteiger partial charge >= 0.3 is 0 Å². The molecule has 0 bridgehead atoms. The van der Waals surface area contributed by atoms with E-state index in [1.54, 1.807) is 0 Å². The first-order valence-corrected chi connectivity index (χ1v) is 7.41. The van der Waals surface area contributed by atoms with Gasteiger partial charge in [0.25, 0.3) is 0 Å². The number of nitrogens with zero attached hydrogens (tertiary/aromatic N) is 2. The summed E-state index contributed by atoms with van der Waals surface area (Å²) in [6.07, 6.45) is 5.43. The highest BCUT2D eigenvalue weighted by molar-refractivity contribution is 5.15. The Balaban J connectivity index is 2.17. The van der Waals surface area contributed by atoms with Crippen LogP contribution in [0, 0.1) is 22.7 Å². The molecule has 1 aliphatic heterocycles. The molecule has 2 aliphatic rings. The third-order valence-corrected chi connectivity index (χ3v) is 5.22. The molecule has 102 valence electrons. The predicted molar refractivity (Wildman–Crippen MR) is 72.0 cm³/mol. The third-order valence-electron chi connectivity index (χ3n) is 5.22. The zero-order valence-electron chi connectivity index (χ0n) is 11.8. The molecule has 3 atom stereocenters. The average Bonchev–Trinajstić information content (AvgIpc) is 2.65. The molecule has 1 heterocycles. The maximum absolute atomic E-state index is 11.1. The molecule has 0 amide bonds. The fourth-order valence-electron chi connectivity index (χ4n) is 3.89. The zero-order valence-corrected chi connectivity index (χ0v) is 11.8. The molecular weight excluding hydrogens is 224 g/mol. The highest BCUT2D eigenvalue weighted by Gasteiger charge is 2.53. The number of likely N-dealkylation sites (tertiary alicyclic amines) is 1. The largest absolute Gasteiger partial charge is 0.388 e. The summed E-state index contributed by atoms with van der Waals surface area (Å²) < 4.78 is 0. The summed E-state index contributed by atoms with van der Waals surface area (Å²) >= 11 is 0. The second-order valence-electron chi connectivity index (χ2n) is 6.36. The van der Waals surface area contributed by atoms with Gasteiger partial charge in [-0.3, -0.25) is 0 Å². The maximum atomic E-state index is 11.1. The maximum Gasteiger partial charge on any atom is 0.0863 e. The average molecular weight is 250 g/mol. The molecule has 1 saturated carbocycles. The minimum atomic E-state index is -0.754. The van der Waals surface area contributed by atoms with E-state index in [0.717, 1.165) is 58.2 Å². The van der Waals surface area contributed by atoms with Crippen LogP contribution in [0.2, 0.25) is 0 Å². The molecule has 3 unspecified atom stereocenters. The second-order valence-corrected chi connectivity index (χ2v) is 6.36. The van der Waals surface area contributed by atoms with Gasteiger partial charge in [0, 0.05) is 6.54 Å². The van der Waals surface area contributed by atoms with E-state index in [1.165, 1.54) is 0 Å². The highest BCUT2D eigenvalue weighted by Crippen LogP contribution is 2.52. The van der Waals surface area contributed by atoms with Crippen molar-refractivity contribution in [2.45, 2.75) is 58.0 Å². The van der Waals surface area contributed by atoms with Gasteiger partial charge in [-0.2, -0.15) is 5.26 Å². The summed E-state index contributed by atoms with van der Waals surface area (Å²) in [5.74, 6) is 0.583. The summed E-state index contributed by atoms with van der Waals surface area (Å²) in [4.78, 5) is 2.39. The minimum Gasteiger partial charge on any atom is -0.388 e. The Morgan fingerprint density at radius 2 is 2.11 bits per heavy atom. The zero-order chi connectivity index (χ0) is 13.2. The first-order chi connectivity index (χ1) is 8.55. The van der Waals surface area contributed by atoms with Crippen LogP contribution < -0.4 is 0 Å². The number of aliphatic hydroxyl groups is 1. The lowest BCUT2D eigenvalue weighted by atomic mass is 9.67. The first-order valence-electron chi connectivity index (χ1n) is 7.41. The lowest BCUT2D eigenvalue weighted by Crippen LogP contribution is -2.47. The van der Waals surface area contributed by atoms with Crippen LogP contribution in [0.5, 0.6) is 0 Å². The Morgan fingerprint density at radius 3 is 2.67 bits per heavy atom. The van der Waals surface area contributed by atoms with Crippen molar-refractivity contribution in [1.29, 1.82) is 5.26 Å². The van der Waals surface area contributed by atoms with Crippen LogP contribution in [0.4, 0.5) is 0 Å². The van der Waals surface area contributed by atoms with Gasteiger partial charge in [0.15, 0.2) is 0 Å². The van der Waals surface area contributed by atoms with E-state index in [4.69, 9.17) is 0 Å². The van der Waals surface area contributed by atoms with E-state index < -0.39 is 11.0 Å². The standard InChI is InChI=1S/C15H26N2O/c1-3-17-9-4-6-15(18,8-10-17)14(12-16)7-5-13(2)11-14/h13,18H,3-11H2,1-2H3. The summed E-state index contributed by atoms with van der Waals surface area (Å²) in [6.45, 7) is 7.42. The van der Waals surface area contributed by atoms with E-state index in [0.29, 0.717) is 5.92 Å². The van der Waals surface area contributed by atoms with Crippen LogP contribution in [0.25, 0.3) is 0 Å². The van der Waals surface area contributed by atoms with Crippen molar-refractivity contribution in [2.24, 2.45) is 11.3 Å². The molecule has 3 heteroatoms. The van der Waals surface area contributed by atoms with E-state index >= 15 is 0 Å². The Morgan fingerprint density at radius 1 is 1.33 bits per heavy atom. The Bertz CT molecular complexity index is 338. The number of rotatable bonds is 2. The number of hydrogen-bond donors (Lipinski definition) is 1. The topological polar surface area (TPSA) is 47.3 Å². The van der Waals surface area contributed by atoms with Crippen LogP contribution in [-0.2, 0) is 0 Å². The predicted octanol–water partition coefficient (Wildman–Crippen LogP) is 2.55. The van der Waals surface area contributed by atoms with Crippen molar-refractivity contribution in [1.82, 2.24) is 4.90 Å². The van der Waals surface area contributed by atoms with Crippen molar-refractivity contribution >= 4 is 0 Å². The van der Waals surface area contributed by atoms with Crippen LogP contribution in [0.1, 0.15) is 52.4 Å². The number of nitriles is 1. The van der Waals surface area contributed by atoms with Crippen molar-refractivity contribution < 1.29 is 5.11 Å². The lowest BCUT2D eigenvalue weighted by molar-refractivity contribution is -0.0653. The first kappa shape index (κ1) is 13.8. The summed E-state index contributed by atoms with van der Waals surface area (Å²) in [7, 11) is 0. The summed E-state index contributed by atoms with van der Waals surface area (Å²) in [5, 5.41) is 20.7. The third kappa shape index (κ3) is 2.29. The van der Waals surface area contributed by atoms with Gasteiger partial charge < -0.3 is 10.0 Å². The van der Waals surface area contributed by atoms with Crippen molar-refractivity contribution in [3.8, 4) is 6.07 Å². The Kier molecular flexibility index (Phi) is 3.99. The quantitative estimate of drug-likeness (QED) is 0.819. The molecule has 0 aromatic heterocycles. The molecular formula is C15H26N2O. The van der Waals surface area contributed by atoms with Crippen LogP contribution in [-0.4, -0.2) is 35.2 Å². The molecule has 0 aromatic rings. The highest BCUT2D eigenvalue weighted by atomic mass is 16.3. The molecule has 1 saturated heterocycles. The molecule has 18 heavy (non-hydrogen) atoms. The van der Waals surface area contributed by atoms with Gasteiger partial charge in [0.2, 0.25) is 0 Å². The normalized spacial score (nSPS) is 42.4.